The van der Waals surface area contributed by atoms with Gasteiger partial charge in [0.1, 0.15) is 0 Å². The average molecular weight is 246 g/mol. The van der Waals surface area contributed by atoms with Gasteiger partial charge in [0.15, 0.2) is 5.82 Å². The van der Waals surface area contributed by atoms with Gasteiger partial charge in [0.05, 0.1) is 11.9 Å². The van der Waals surface area contributed by atoms with E-state index in [9.17, 15) is 13.2 Å². The first-order chi connectivity index (χ1) is 7.97. The van der Waals surface area contributed by atoms with Crippen molar-refractivity contribution in [2.24, 2.45) is 0 Å². The van der Waals surface area contributed by atoms with E-state index in [1.165, 1.54) is 0 Å². The van der Waals surface area contributed by atoms with E-state index in [2.05, 4.69) is 15.3 Å². The second-order valence-electron chi connectivity index (χ2n) is 4.12. The molecular weight excluding hydrogens is 233 g/mol. The fourth-order valence-electron chi connectivity index (χ4n) is 1.91. The van der Waals surface area contributed by atoms with Crippen LogP contribution in [0.1, 0.15) is 31.5 Å². The molecule has 0 spiro atoms. The van der Waals surface area contributed by atoms with E-state index >= 15 is 0 Å². The number of anilines is 2. The molecular formula is C10H13F3N4. The number of hydrogen-bond acceptors (Lipinski definition) is 4. The Morgan fingerprint density at radius 1 is 1.29 bits per heavy atom. The van der Waals surface area contributed by atoms with Gasteiger partial charge < -0.3 is 11.1 Å². The van der Waals surface area contributed by atoms with E-state index in [-0.39, 0.29) is 17.5 Å². The zero-order valence-electron chi connectivity index (χ0n) is 9.09. The minimum Gasteiger partial charge on any atom is -0.394 e. The minimum absolute atomic E-state index is 0.0826. The molecule has 1 aromatic heterocycles. The third-order valence-corrected chi connectivity index (χ3v) is 2.77. The Hall–Kier alpha value is -1.53. The lowest BCUT2D eigenvalue weighted by Gasteiger charge is -2.15. The van der Waals surface area contributed by atoms with Crippen molar-refractivity contribution in [1.82, 2.24) is 9.97 Å². The van der Waals surface area contributed by atoms with Crippen LogP contribution in [0.3, 0.4) is 0 Å². The van der Waals surface area contributed by atoms with Crippen molar-refractivity contribution >= 4 is 11.5 Å². The van der Waals surface area contributed by atoms with E-state index in [4.69, 9.17) is 5.73 Å². The molecule has 0 saturated heterocycles. The number of nitrogen functional groups attached to an aromatic ring is 1. The van der Waals surface area contributed by atoms with Gasteiger partial charge in [-0.05, 0) is 12.8 Å². The quantitative estimate of drug-likeness (QED) is 0.841. The smallest absolute Gasteiger partial charge is 0.394 e. The Morgan fingerprint density at radius 2 is 1.94 bits per heavy atom. The van der Waals surface area contributed by atoms with E-state index in [1.807, 2.05) is 0 Å². The van der Waals surface area contributed by atoms with Gasteiger partial charge in [0, 0.05) is 6.04 Å². The second-order valence-corrected chi connectivity index (χ2v) is 4.12. The van der Waals surface area contributed by atoms with Crippen LogP contribution in [0.4, 0.5) is 24.7 Å². The fourth-order valence-corrected chi connectivity index (χ4v) is 1.91. The van der Waals surface area contributed by atoms with Gasteiger partial charge in [-0.25, -0.2) is 9.97 Å². The molecule has 94 valence electrons. The van der Waals surface area contributed by atoms with Gasteiger partial charge in [0.2, 0.25) is 5.82 Å². The number of nitrogens with two attached hydrogens (primary N) is 1. The van der Waals surface area contributed by atoms with E-state index in [0.29, 0.717) is 0 Å². The van der Waals surface area contributed by atoms with Crippen LogP contribution in [-0.2, 0) is 6.18 Å². The second kappa shape index (κ2) is 4.38. The number of hydrogen-bond donors (Lipinski definition) is 2. The van der Waals surface area contributed by atoms with Crippen molar-refractivity contribution in [1.29, 1.82) is 0 Å². The molecule has 0 radical (unpaired) electrons. The molecule has 1 aromatic rings. The molecule has 1 fully saturated rings. The number of nitrogens with zero attached hydrogens (tertiary/aromatic N) is 2. The summed E-state index contributed by atoms with van der Waals surface area (Å²) in [6.45, 7) is 0. The highest BCUT2D eigenvalue weighted by Crippen LogP contribution is 2.29. The fraction of sp³-hybridized carbons (Fsp3) is 0.600. The molecule has 7 heteroatoms. The van der Waals surface area contributed by atoms with Crippen molar-refractivity contribution in [3.05, 3.63) is 12.0 Å². The monoisotopic (exact) mass is 246 g/mol. The largest absolute Gasteiger partial charge is 0.451 e. The van der Waals surface area contributed by atoms with Crippen molar-refractivity contribution in [3.63, 3.8) is 0 Å². The standard InChI is InChI=1S/C10H13F3N4/c11-10(12,13)9-15-5-7(14)8(17-9)16-6-3-1-2-4-6/h5-6H,1-4,14H2,(H,15,16,17). The molecule has 0 bridgehead atoms. The summed E-state index contributed by atoms with van der Waals surface area (Å²) in [4.78, 5) is 6.62. The van der Waals surface area contributed by atoms with Crippen LogP contribution in [0.25, 0.3) is 0 Å². The minimum atomic E-state index is -4.54. The summed E-state index contributed by atoms with van der Waals surface area (Å²) in [6.07, 6.45) is 0.478. The third kappa shape index (κ3) is 2.78. The SMILES string of the molecule is Nc1cnc(C(F)(F)F)nc1NC1CCCC1. The Morgan fingerprint density at radius 3 is 2.53 bits per heavy atom. The van der Waals surface area contributed by atoms with Crippen LogP contribution in [0, 0.1) is 0 Å². The van der Waals surface area contributed by atoms with E-state index in [0.717, 1.165) is 31.9 Å². The maximum Gasteiger partial charge on any atom is 0.451 e. The predicted octanol–water partition coefficient (Wildman–Crippen LogP) is 2.43. The zero-order valence-corrected chi connectivity index (χ0v) is 9.09. The van der Waals surface area contributed by atoms with Gasteiger partial charge in [0.25, 0.3) is 0 Å². The molecule has 0 aliphatic heterocycles. The van der Waals surface area contributed by atoms with Crippen LogP contribution in [0.15, 0.2) is 6.20 Å². The van der Waals surface area contributed by atoms with Crippen molar-refractivity contribution in [2.75, 3.05) is 11.1 Å². The van der Waals surface area contributed by atoms with Crippen LogP contribution < -0.4 is 11.1 Å². The lowest BCUT2D eigenvalue weighted by Crippen LogP contribution is -2.19. The summed E-state index contributed by atoms with van der Waals surface area (Å²) >= 11 is 0. The molecule has 1 aliphatic rings. The van der Waals surface area contributed by atoms with Crippen LogP contribution in [0.5, 0.6) is 0 Å². The molecule has 1 saturated carbocycles. The van der Waals surface area contributed by atoms with Crippen LogP contribution in [-0.4, -0.2) is 16.0 Å². The molecule has 0 unspecified atom stereocenters. The number of nitrogens with one attached hydrogen (secondary N) is 1. The summed E-state index contributed by atoms with van der Waals surface area (Å²) in [7, 11) is 0. The first kappa shape index (κ1) is 11.9. The Kier molecular flexibility index (Phi) is 3.08. The van der Waals surface area contributed by atoms with Crippen molar-refractivity contribution < 1.29 is 13.2 Å². The van der Waals surface area contributed by atoms with E-state index in [1.54, 1.807) is 0 Å². The zero-order chi connectivity index (χ0) is 12.5. The summed E-state index contributed by atoms with van der Waals surface area (Å²) < 4.78 is 37.3. The van der Waals surface area contributed by atoms with Crippen LogP contribution in [0.2, 0.25) is 0 Å². The molecule has 17 heavy (non-hydrogen) atoms. The lowest BCUT2D eigenvalue weighted by atomic mass is 10.2. The Labute approximate surface area is 96.4 Å². The number of halogens is 3. The first-order valence-corrected chi connectivity index (χ1v) is 5.43. The number of aromatic nitrogens is 2. The molecule has 3 N–H and O–H groups in total. The summed E-state index contributed by atoms with van der Waals surface area (Å²) in [6, 6.07) is 0.160. The van der Waals surface area contributed by atoms with Crippen LogP contribution >= 0.6 is 0 Å². The highest BCUT2D eigenvalue weighted by atomic mass is 19.4. The topological polar surface area (TPSA) is 63.8 Å². The first-order valence-electron chi connectivity index (χ1n) is 5.43. The van der Waals surface area contributed by atoms with Gasteiger partial charge >= 0.3 is 6.18 Å². The van der Waals surface area contributed by atoms with Gasteiger partial charge in [-0.3, -0.25) is 0 Å². The van der Waals surface area contributed by atoms with Gasteiger partial charge in [-0.15, -0.1) is 0 Å². The van der Waals surface area contributed by atoms with Gasteiger partial charge in [-0.1, -0.05) is 12.8 Å². The molecule has 2 rings (SSSR count). The summed E-state index contributed by atoms with van der Waals surface area (Å²) in [5, 5.41) is 2.95. The summed E-state index contributed by atoms with van der Waals surface area (Å²) in [5.74, 6) is -1.08. The molecule has 4 nitrogen and oxygen atoms in total. The predicted molar refractivity (Wildman–Crippen MR) is 57.3 cm³/mol. The van der Waals surface area contributed by atoms with E-state index < -0.39 is 12.0 Å². The molecule has 0 atom stereocenters. The van der Waals surface area contributed by atoms with Gasteiger partial charge in [-0.2, -0.15) is 13.2 Å². The Balaban J connectivity index is 2.20. The average Bonchev–Trinajstić information content (AvgIpc) is 2.72. The highest BCUT2D eigenvalue weighted by Gasteiger charge is 2.35. The Bertz CT molecular complexity index is 399. The molecule has 1 aliphatic carbocycles. The molecule has 0 aromatic carbocycles. The highest BCUT2D eigenvalue weighted by molar-refractivity contribution is 5.60. The maximum atomic E-state index is 12.4. The normalized spacial score (nSPS) is 17.4. The maximum absolute atomic E-state index is 12.4. The van der Waals surface area contributed by atoms with Crippen molar-refractivity contribution in [3.8, 4) is 0 Å². The third-order valence-electron chi connectivity index (χ3n) is 2.77. The van der Waals surface area contributed by atoms with Crippen molar-refractivity contribution in [2.45, 2.75) is 37.9 Å². The molecule has 1 heterocycles. The lowest BCUT2D eigenvalue weighted by molar-refractivity contribution is -0.144. The number of rotatable bonds is 2. The summed E-state index contributed by atoms with van der Waals surface area (Å²) in [5.41, 5.74) is 5.70. The molecule has 0 amide bonds. The number of alkyl halides is 3.